The zero-order chi connectivity index (χ0) is 14.9. The predicted molar refractivity (Wildman–Crippen MR) is 80.0 cm³/mol. The van der Waals surface area contributed by atoms with Crippen LogP contribution in [-0.2, 0) is 4.74 Å². The minimum absolute atomic E-state index is 0.0516. The Balaban J connectivity index is 1.66. The molecule has 0 bridgehead atoms. The highest BCUT2D eigenvalue weighted by Crippen LogP contribution is 2.41. The fraction of sp³-hybridized carbons (Fsp3) is 0.750. The van der Waals surface area contributed by atoms with E-state index < -0.39 is 5.60 Å². The molecular weight excluding hydrogens is 266 g/mol. The first-order valence-electron chi connectivity index (χ1n) is 7.79. The summed E-state index contributed by atoms with van der Waals surface area (Å²) in [5.41, 5.74) is 0.474. The fourth-order valence-corrected chi connectivity index (χ4v) is 3.74. The van der Waals surface area contributed by atoms with E-state index in [1.807, 2.05) is 26.2 Å². The lowest BCUT2D eigenvalue weighted by Crippen LogP contribution is -2.51. The van der Waals surface area contributed by atoms with Crippen LogP contribution in [0.3, 0.4) is 0 Å². The van der Waals surface area contributed by atoms with Gasteiger partial charge in [0.15, 0.2) is 0 Å². The van der Waals surface area contributed by atoms with Gasteiger partial charge in [-0.15, -0.1) is 0 Å². The molecule has 5 heteroatoms. The summed E-state index contributed by atoms with van der Waals surface area (Å²) in [6.45, 7) is 7.16. The third-order valence-corrected chi connectivity index (χ3v) is 4.49. The lowest BCUT2D eigenvalue weighted by atomic mass is 9.84. The number of aromatic nitrogens is 2. The smallest absolute Gasteiger partial charge is 0.115 e. The average molecular weight is 291 g/mol. The Kier molecular flexibility index (Phi) is 3.99. The lowest BCUT2D eigenvalue weighted by Gasteiger charge is -2.41. The van der Waals surface area contributed by atoms with Gasteiger partial charge in [-0.05, 0) is 45.2 Å². The van der Waals surface area contributed by atoms with Crippen LogP contribution in [0.4, 0.5) is 0 Å². The van der Waals surface area contributed by atoms with Crippen LogP contribution in [0.15, 0.2) is 18.7 Å². The largest absolute Gasteiger partial charge is 0.389 e. The maximum atomic E-state index is 10.0. The summed E-state index contributed by atoms with van der Waals surface area (Å²) in [5.74, 6) is 0.397. The Labute approximate surface area is 126 Å². The van der Waals surface area contributed by atoms with Gasteiger partial charge in [-0.3, -0.25) is 4.90 Å². The van der Waals surface area contributed by atoms with E-state index in [2.05, 4.69) is 14.9 Å². The molecule has 1 spiro atoms. The van der Waals surface area contributed by atoms with Crippen molar-refractivity contribution < 1.29 is 9.84 Å². The molecule has 1 aromatic heterocycles. The van der Waals surface area contributed by atoms with Crippen LogP contribution in [0.25, 0.3) is 0 Å². The summed E-state index contributed by atoms with van der Waals surface area (Å²) >= 11 is 0. The molecule has 3 rings (SSSR count). The Morgan fingerprint density at radius 1 is 1.43 bits per heavy atom. The van der Waals surface area contributed by atoms with Crippen LogP contribution in [0, 0.1) is 0 Å². The highest BCUT2D eigenvalue weighted by atomic mass is 16.5. The molecule has 3 heterocycles. The van der Waals surface area contributed by atoms with E-state index in [0.29, 0.717) is 12.5 Å². The maximum absolute atomic E-state index is 10.0. The van der Waals surface area contributed by atoms with E-state index in [0.717, 1.165) is 39.0 Å². The van der Waals surface area contributed by atoms with Gasteiger partial charge in [0.2, 0.25) is 0 Å². The van der Waals surface area contributed by atoms with E-state index in [4.69, 9.17) is 4.74 Å². The van der Waals surface area contributed by atoms with Crippen molar-refractivity contribution in [1.82, 2.24) is 14.9 Å². The first-order valence-corrected chi connectivity index (χ1v) is 7.79. The Hall–Kier alpha value is -1.04. The molecular formula is C16H25N3O2. The van der Waals surface area contributed by atoms with Crippen LogP contribution < -0.4 is 0 Å². The molecule has 0 aliphatic carbocycles. The molecule has 2 aliphatic heterocycles. The molecule has 2 atom stereocenters. The molecule has 0 aromatic carbocycles. The highest BCUT2D eigenvalue weighted by Gasteiger charge is 2.44. The van der Waals surface area contributed by atoms with Crippen LogP contribution in [0.1, 0.15) is 44.6 Å². The van der Waals surface area contributed by atoms with Crippen molar-refractivity contribution in [3.05, 3.63) is 24.3 Å². The molecule has 21 heavy (non-hydrogen) atoms. The Bertz CT molecular complexity index is 474. The second-order valence-electron chi connectivity index (χ2n) is 7.19. The quantitative estimate of drug-likeness (QED) is 0.916. The Morgan fingerprint density at radius 2 is 2.19 bits per heavy atom. The number of aliphatic hydroxyl groups is 1. The summed E-state index contributed by atoms with van der Waals surface area (Å²) in [7, 11) is 0. The van der Waals surface area contributed by atoms with E-state index in [1.54, 1.807) is 6.33 Å². The standard InChI is InChI=1S/C16H25N3O2/c1-15(2,20)10-19-5-3-4-16(11-19)6-13(9-21-16)14-7-17-12-18-8-14/h7-8,12-13,20H,3-6,9-11H2,1-2H3/t13-,16-/m1/s1. The number of piperidine rings is 1. The van der Waals surface area contributed by atoms with Crippen molar-refractivity contribution in [3.8, 4) is 0 Å². The summed E-state index contributed by atoms with van der Waals surface area (Å²) in [6.07, 6.45) is 8.64. The average Bonchev–Trinajstić information content (AvgIpc) is 2.81. The van der Waals surface area contributed by atoms with Crippen molar-refractivity contribution in [2.45, 2.75) is 50.2 Å². The number of ether oxygens (including phenoxy) is 1. The van der Waals surface area contributed by atoms with Crippen LogP contribution >= 0.6 is 0 Å². The van der Waals surface area contributed by atoms with Gasteiger partial charge in [-0.1, -0.05) is 0 Å². The molecule has 0 unspecified atom stereocenters. The molecule has 0 amide bonds. The molecule has 2 fully saturated rings. The number of likely N-dealkylation sites (tertiary alicyclic amines) is 1. The SMILES string of the molecule is CC(C)(O)CN1CCC[C@@]2(C[C@@H](c3cncnc3)CO2)C1. The molecule has 1 N–H and O–H groups in total. The molecule has 0 radical (unpaired) electrons. The summed E-state index contributed by atoms with van der Waals surface area (Å²) in [5, 5.41) is 10.0. The molecule has 2 saturated heterocycles. The Morgan fingerprint density at radius 3 is 2.90 bits per heavy atom. The lowest BCUT2D eigenvalue weighted by molar-refractivity contribution is -0.0684. The van der Waals surface area contributed by atoms with Crippen molar-refractivity contribution in [3.63, 3.8) is 0 Å². The van der Waals surface area contributed by atoms with E-state index in [9.17, 15) is 5.11 Å². The zero-order valence-corrected chi connectivity index (χ0v) is 13.0. The van der Waals surface area contributed by atoms with Crippen LogP contribution in [0.5, 0.6) is 0 Å². The number of hydrogen-bond acceptors (Lipinski definition) is 5. The molecule has 116 valence electrons. The minimum Gasteiger partial charge on any atom is -0.389 e. The van der Waals surface area contributed by atoms with Crippen molar-refractivity contribution in [2.24, 2.45) is 0 Å². The van der Waals surface area contributed by atoms with Crippen molar-refractivity contribution >= 4 is 0 Å². The van der Waals surface area contributed by atoms with E-state index >= 15 is 0 Å². The van der Waals surface area contributed by atoms with Crippen LogP contribution in [-0.4, -0.2) is 57.4 Å². The topological polar surface area (TPSA) is 58.5 Å². The second-order valence-corrected chi connectivity index (χ2v) is 7.19. The monoisotopic (exact) mass is 291 g/mol. The minimum atomic E-state index is -0.649. The van der Waals surface area contributed by atoms with E-state index in [1.165, 1.54) is 5.56 Å². The molecule has 1 aromatic rings. The third-order valence-electron chi connectivity index (χ3n) is 4.49. The first-order chi connectivity index (χ1) is 9.96. The zero-order valence-electron chi connectivity index (χ0n) is 13.0. The van der Waals surface area contributed by atoms with Crippen molar-refractivity contribution in [2.75, 3.05) is 26.2 Å². The summed E-state index contributed by atoms with van der Waals surface area (Å²) in [4.78, 5) is 10.6. The fourth-order valence-electron chi connectivity index (χ4n) is 3.74. The number of nitrogens with zero attached hydrogens (tertiary/aromatic N) is 3. The van der Waals surface area contributed by atoms with Crippen molar-refractivity contribution in [1.29, 1.82) is 0 Å². The van der Waals surface area contributed by atoms with Gasteiger partial charge in [0.25, 0.3) is 0 Å². The summed E-state index contributed by atoms with van der Waals surface area (Å²) < 4.78 is 6.21. The van der Waals surface area contributed by atoms with Crippen LogP contribution in [0.2, 0.25) is 0 Å². The number of rotatable bonds is 3. The number of hydrogen-bond donors (Lipinski definition) is 1. The summed E-state index contributed by atoms with van der Waals surface area (Å²) in [6, 6.07) is 0. The van der Waals surface area contributed by atoms with Gasteiger partial charge in [0.1, 0.15) is 6.33 Å². The first kappa shape index (κ1) is 14.9. The highest BCUT2D eigenvalue weighted by molar-refractivity contribution is 5.15. The van der Waals surface area contributed by atoms with Gasteiger partial charge in [-0.2, -0.15) is 0 Å². The van der Waals surface area contributed by atoms with Gasteiger partial charge >= 0.3 is 0 Å². The number of β-amino-alcohol motifs (C(OH)–C–C–N with tert-alkyl or cyclic N) is 1. The molecule has 0 saturated carbocycles. The predicted octanol–water partition coefficient (Wildman–Crippen LogP) is 1.59. The van der Waals surface area contributed by atoms with Gasteiger partial charge < -0.3 is 9.84 Å². The van der Waals surface area contributed by atoms with Gasteiger partial charge in [0, 0.05) is 31.4 Å². The van der Waals surface area contributed by atoms with Gasteiger partial charge in [0.05, 0.1) is 17.8 Å². The third kappa shape index (κ3) is 3.59. The van der Waals surface area contributed by atoms with E-state index in [-0.39, 0.29) is 5.60 Å². The van der Waals surface area contributed by atoms with Gasteiger partial charge in [-0.25, -0.2) is 9.97 Å². The molecule has 5 nitrogen and oxygen atoms in total. The molecule has 2 aliphatic rings. The maximum Gasteiger partial charge on any atom is 0.115 e. The second kappa shape index (κ2) is 5.63. The normalized spacial score (nSPS) is 30.9.